The third-order valence-corrected chi connectivity index (χ3v) is 9.88. The largest absolute Gasteiger partial charge is 0.396 e. The van der Waals surface area contributed by atoms with Crippen LogP contribution in [0.3, 0.4) is 0 Å². The van der Waals surface area contributed by atoms with Gasteiger partial charge in [0.25, 0.3) is 0 Å². The number of aliphatic hydroxyl groups is 3. The number of allylic oxidation sites excluding steroid dienone is 1. The number of Topliss-reactive ketones (excluding diaryl/α,β-unsaturated/α-hetero) is 1. The van der Waals surface area contributed by atoms with Crippen molar-refractivity contribution in [2.75, 3.05) is 6.61 Å². The van der Waals surface area contributed by atoms with Gasteiger partial charge in [0.1, 0.15) is 5.60 Å². The Hall–Kier alpha value is -0.710. The van der Waals surface area contributed by atoms with Gasteiger partial charge in [0.2, 0.25) is 0 Å². The van der Waals surface area contributed by atoms with E-state index in [2.05, 4.69) is 19.9 Å². The first-order valence-corrected chi connectivity index (χ1v) is 11.9. The second-order valence-corrected chi connectivity index (χ2v) is 11.2. The first kappa shape index (κ1) is 21.5. The zero-order chi connectivity index (χ0) is 21.0. The van der Waals surface area contributed by atoms with Crippen molar-refractivity contribution in [1.82, 2.24) is 0 Å². The van der Waals surface area contributed by atoms with Gasteiger partial charge in [-0.1, -0.05) is 25.5 Å². The number of hydrogen-bond donors (Lipinski definition) is 3. The quantitative estimate of drug-likeness (QED) is 0.605. The molecule has 29 heavy (non-hydrogen) atoms. The van der Waals surface area contributed by atoms with Crippen molar-refractivity contribution in [2.45, 2.75) is 96.7 Å². The highest BCUT2D eigenvalue weighted by atomic mass is 16.3. The Morgan fingerprint density at radius 1 is 1.17 bits per heavy atom. The Balaban J connectivity index is 1.58. The van der Waals surface area contributed by atoms with Crippen molar-refractivity contribution < 1.29 is 20.1 Å². The van der Waals surface area contributed by atoms with Gasteiger partial charge in [-0.25, -0.2) is 0 Å². The van der Waals surface area contributed by atoms with Crippen LogP contribution in [0.2, 0.25) is 0 Å². The fourth-order valence-electron chi connectivity index (χ4n) is 8.25. The Bertz CT molecular complexity index is 682. The van der Waals surface area contributed by atoms with Gasteiger partial charge in [0.05, 0.1) is 6.10 Å². The molecule has 4 nitrogen and oxygen atoms in total. The average molecular weight is 405 g/mol. The van der Waals surface area contributed by atoms with Crippen molar-refractivity contribution in [3.8, 4) is 0 Å². The lowest BCUT2D eigenvalue weighted by atomic mass is 9.46. The summed E-state index contributed by atoms with van der Waals surface area (Å²) in [4.78, 5) is 12.8. The minimum atomic E-state index is -1.29. The van der Waals surface area contributed by atoms with Crippen LogP contribution in [-0.2, 0) is 4.79 Å². The lowest BCUT2D eigenvalue weighted by molar-refractivity contribution is -0.152. The minimum Gasteiger partial charge on any atom is -0.396 e. The van der Waals surface area contributed by atoms with E-state index < -0.39 is 5.60 Å². The van der Waals surface area contributed by atoms with Gasteiger partial charge >= 0.3 is 0 Å². The van der Waals surface area contributed by atoms with Gasteiger partial charge in [-0.2, -0.15) is 0 Å². The highest BCUT2D eigenvalue weighted by Gasteiger charge is 2.62. The Morgan fingerprint density at radius 3 is 2.66 bits per heavy atom. The maximum atomic E-state index is 12.8. The molecule has 3 N–H and O–H groups in total. The average Bonchev–Trinajstić information content (AvgIpc) is 3.04. The highest BCUT2D eigenvalue weighted by Crippen LogP contribution is 2.67. The summed E-state index contributed by atoms with van der Waals surface area (Å²) in [6.07, 6.45) is 11.2. The van der Waals surface area contributed by atoms with E-state index in [0.717, 1.165) is 44.9 Å². The first-order chi connectivity index (χ1) is 13.6. The van der Waals surface area contributed by atoms with Gasteiger partial charge in [-0.15, -0.1) is 0 Å². The molecule has 0 unspecified atom stereocenters. The number of rotatable bonds is 5. The summed E-state index contributed by atoms with van der Waals surface area (Å²) in [7, 11) is 0. The molecule has 0 aromatic heterocycles. The number of ketones is 1. The summed E-state index contributed by atoms with van der Waals surface area (Å²) in [5.41, 5.74) is 0.429. The molecule has 3 fully saturated rings. The monoisotopic (exact) mass is 404 g/mol. The van der Waals surface area contributed by atoms with Gasteiger partial charge in [0, 0.05) is 18.9 Å². The molecule has 4 rings (SSSR count). The molecule has 0 saturated heterocycles. The van der Waals surface area contributed by atoms with Crippen LogP contribution in [0.15, 0.2) is 11.6 Å². The van der Waals surface area contributed by atoms with E-state index in [9.17, 15) is 15.0 Å². The number of fused-ring (bicyclic) bond motifs is 5. The molecule has 0 aliphatic heterocycles. The van der Waals surface area contributed by atoms with Crippen molar-refractivity contribution in [1.29, 1.82) is 0 Å². The smallest absolute Gasteiger partial charge is 0.164 e. The van der Waals surface area contributed by atoms with E-state index in [1.807, 2.05) is 0 Å². The molecule has 0 aromatic carbocycles. The number of carbonyl (C=O) groups excluding carboxylic acids is 1. The third-order valence-electron chi connectivity index (χ3n) is 9.88. The van der Waals surface area contributed by atoms with Crippen molar-refractivity contribution in [2.24, 2.45) is 34.5 Å². The van der Waals surface area contributed by atoms with Crippen LogP contribution in [0.25, 0.3) is 0 Å². The molecule has 3 saturated carbocycles. The molecule has 0 bridgehead atoms. The molecule has 0 heterocycles. The van der Waals surface area contributed by atoms with Gasteiger partial charge in [-0.3, -0.25) is 4.79 Å². The van der Waals surface area contributed by atoms with E-state index in [-0.39, 0.29) is 41.7 Å². The highest BCUT2D eigenvalue weighted by molar-refractivity contribution is 5.87. The predicted molar refractivity (Wildman–Crippen MR) is 113 cm³/mol. The van der Waals surface area contributed by atoms with E-state index >= 15 is 0 Å². The fourth-order valence-corrected chi connectivity index (χ4v) is 8.25. The van der Waals surface area contributed by atoms with Crippen LogP contribution < -0.4 is 0 Å². The lowest BCUT2D eigenvalue weighted by Gasteiger charge is -2.58. The van der Waals surface area contributed by atoms with E-state index in [1.165, 1.54) is 12.0 Å². The summed E-state index contributed by atoms with van der Waals surface area (Å²) >= 11 is 0. The molecule has 4 heteroatoms. The zero-order valence-electron chi connectivity index (χ0n) is 18.5. The maximum Gasteiger partial charge on any atom is 0.164 e. The molecular formula is C25H40O4. The summed E-state index contributed by atoms with van der Waals surface area (Å²) in [5, 5.41) is 30.6. The van der Waals surface area contributed by atoms with Crippen LogP contribution in [-0.4, -0.2) is 39.4 Å². The molecule has 4 aliphatic carbocycles. The summed E-state index contributed by atoms with van der Waals surface area (Å²) in [6, 6.07) is 0. The Kier molecular flexibility index (Phi) is 5.53. The molecule has 0 aromatic rings. The van der Waals surface area contributed by atoms with Crippen LogP contribution in [0, 0.1) is 34.5 Å². The normalized spacial score (nSPS) is 46.1. The topological polar surface area (TPSA) is 77.8 Å². The molecule has 164 valence electrons. The molecule has 8 atom stereocenters. The summed E-state index contributed by atoms with van der Waals surface area (Å²) < 4.78 is 0. The summed E-state index contributed by atoms with van der Waals surface area (Å²) in [6.45, 7) is 6.51. The number of hydrogen-bond acceptors (Lipinski definition) is 4. The summed E-state index contributed by atoms with van der Waals surface area (Å²) in [5.74, 6) is 1.77. The number of carbonyl (C=O) groups is 1. The zero-order valence-corrected chi connectivity index (χ0v) is 18.5. The van der Waals surface area contributed by atoms with Crippen LogP contribution in [0.5, 0.6) is 0 Å². The molecule has 0 spiro atoms. The Morgan fingerprint density at radius 2 is 1.93 bits per heavy atom. The first-order valence-electron chi connectivity index (χ1n) is 11.9. The van der Waals surface area contributed by atoms with Crippen molar-refractivity contribution >= 4 is 5.78 Å². The SMILES string of the molecule is C[C@]12CC[C@H]3[C@@H](CC=C4C[C@@H](O)CC[C@@]43C)[C@@H]1CC[C@@H]2[C@@](C)(O)C(=O)CCCO. The Labute approximate surface area is 175 Å². The second kappa shape index (κ2) is 7.46. The van der Waals surface area contributed by atoms with Crippen LogP contribution >= 0.6 is 0 Å². The molecule has 0 radical (unpaired) electrons. The molecular weight excluding hydrogens is 364 g/mol. The minimum absolute atomic E-state index is 0.00190. The van der Waals surface area contributed by atoms with Gasteiger partial charge in [0.15, 0.2) is 5.78 Å². The molecule has 0 amide bonds. The van der Waals surface area contributed by atoms with Crippen molar-refractivity contribution in [3.63, 3.8) is 0 Å². The van der Waals surface area contributed by atoms with Crippen LogP contribution in [0.1, 0.15) is 85.0 Å². The van der Waals surface area contributed by atoms with E-state index in [4.69, 9.17) is 5.11 Å². The van der Waals surface area contributed by atoms with Gasteiger partial charge in [-0.05, 0) is 93.3 Å². The lowest BCUT2D eigenvalue weighted by Crippen LogP contribution is -2.54. The maximum absolute atomic E-state index is 12.8. The predicted octanol–water partition coefficient (Wildman–Crippen LogP) is 4.02. The number of aliphatic hydroxyl groups excluding tert-OH is 2. The van der Waals surface area contributed by atoms with Gasteiger partial charge < -0.3 is 15.3 Å². The van der Waals surface area contributed by atoms with Crippen molar-refractivity contribution in [3.05, 3.63) is 11.6 Å². The fraction of sp³-hybridized carbons (Fsp3) is 0.880. The third kappa shape index (κ3) is 3.25. The van der Waals surface area contributed by atoms with Crippen LogP contribution in [0.4, 0.5) is 0 Å². The van der Waals surface area contributed by atoms with E-state index in [1.54, 1.807) is 6.92 Å². The molecule has 4 aliphatic rings. The van der Waals surface area contributed by atoms with E-state index in [0.29, 0.717) is 24.2 Å². The standard InChI is InChI=1S/C25H40O4/c1-23-12-10-17(27)15-16(23)6-7-18-19-8-9-21(24(19,2)13-11-20(18)23)25(3,29)22(28)5-4-14-26/h6,17-21,26-27,29H,4-5,7-15H2,1-3H3/t17-,18-,19-,20-,21-,23-,24-,25+/m0/s1. The second-order valence-electron chi connectivity index (χ2n) is 11.2.